The first-order valence-corrected chi connectivity index (χ1v) is 6.65. The number of carboxylic acid groups (broad SMARTS) is 1. The smallest absolute Gasteiger partial charge is 0.326 e. The summed E-state index contributed by atoms with van der Waals surface area (Å²) in [5.41, 5.74) is 0.202. The summed E-state index contributed by atoms with van der Waals surface area (Å²) in [6.45, 7) is 3.31. The highest BCUT2D eigenvalue weighted by Gasteiger charge is 2.27. The molecule has 1 rings (SSSR count). The molecule has 5 nitrogen and oxygen atoms in total. The minimum absolute atomic E-state index is 0.202. The first kappa shape index (κ1) is 16.8. The van der Waals surface area contributed by atoms with Gasteiger partial charge in [0.25, 0.3) is 5.91 Å². The molecular weight excluding hydrogens is 305 g/mol. The van der Waals surface area contributed by atoms with Crippen molar-refractivity contribution >= 4 is 35.1 Å². The fraction of sp³-hybridized carbons (Fsp3) is 0.385. The Morgan fingerprint density at radius 3 is 2.05 bits per heavy atom. The first-order valence-electron chi connectivity index (χ1n) is 5.89. The van der Waals surface area contributed by atoms with Gasteiger partial charge in [-0.05, 0) is 29.7 Å². The lowest BCUT2D eigenvalue weighted by Gasteiger charge is -2.20. The van der Waals surface area contributed by atoms with Crippen molar-refractivity contribution < 1.29 is 19.8 Å². The van der Waals surface area contributed by atoms with Crippen LogP contribution in [-0.4, -0.2) is 28.1 Å². The van der Waals surface area contributed by atoms with E-state index in [-0.39, 0.29) is 21.5 Å². The number of benzene rings is 1. The summed E-state index contributed by atoms with van der Waals surface area (Å²) in [7, 11) is 0. The zero-order valence-corrected chi connectivity index (χ0v) is 12.4. The van der Waals surface area contributed by atoms with Gasteiger partial charge in [-0.1, -0.05) is 37.0 Å². The van der Waals surface area contributed by atoms with Crippen LogP contribution in [0.4, 0.5) is 0 Å². The van der Waals surface area contributed by atoms with Crippen LogP contribution in [-0.2, 0) is 9.59 Å². The Morgan fingerprint density at radius 1 is 1.15 bits per heavy atom. The van der Waals surface area contributed by atoms with Crippen molar-refractivity contribution in [2.24, 2.45) is 5.92 Å². The van der Waals surface area contributed by atoms with Gasteiger partial charge >= 0.3 is 5.97 Å². The number of rotatable bonds is 5. The third kappa shape index (κ3) is 4.37. The van der Waals surface area contributed by atoms with Gasteiger partial charge in [0.15, 0.2) is 6.10 Å². The van der Waals surface area contributed by atoms with Crippen molar-refractivity contribution in [2.45, 2.75) is 26.0 Å². The standard InChI is InChI=1S/C13H15Cl2NO4/c1-6(2)10(13(19)20)16-12(18)11(17)7-3-8(14)5-9(15)4-7/h3-6,10-11,17H,1-2H3,(H,16,18)(H,19,20)/t10-,11?/m0/s1. The Bertz CT molecular complexity index is 499. The lowest BCUT2D eigenvalue weighted by Crippen LogP contribution is -2.46. The highest BCUT2D eigenvalue weighted by molar-refractivity contribution is 6.34. The van der Waals surface area contributed by atoms with Gasteiger partial charge in [-0.25, -0.2) is 4.79 Å². The average Bonchev–Trinajstić information content (AvgIpc) is 2.32. The van der Waals surface area contributed by atoms with Gasteiger partial charge in [0.05, 0.1) is 0 Å². The second kappa shape index (κ2) is 6.92. The summed E-state index contributed by atoms with van der Waals surface area (Å²) < 4.78 is 0. The van der Waals surface area contributed by atoms with Crippen LogP contribution in [0.2, 0.25) is 10.0 Å². The van der Waals surface area contributed by atoms with Gasteiger partial charge in [0.2, 0.25) is 0 Å². The average molecular weight is 320 g/mol. The van der Waals surface area contributed by atoms with E-state index in [0.29, 0.717) is 0 Å². The molecule has 110 valence electrons. The van der Waals surface area contributed by atoms with Crippen LogP contribution in [0.25, 0.3) is 0 Å². The zero-order chi connectivity index (χ0) is 15.4. The summed E-state index contributed by atoms with van der Waals surface area (Å²) in [6, 6.07) is 3.17. The Hall–Kier alpha value is -1.30. The van der Waals surface area contributed by atoms with E-state index in [2.05, 4.69) is 5.32 Å². The number of aliphatic hydroxyl groups excluding tert-OH is 1. The number of amides is 1. The molecule has 0 bridgehead atoms. The molecule has 0 saturated carbocycles. The Morgan fingerprint density at radius 2 is 1.65 bits per heavy atom. The van der Waals surface area contributed by atoms with Crippen LogP contribution >= 0.6 is 23.2 Å². The number of carbonyl (C=O) groups is 2. The topological polar surface area (TPSA) is 86.6 Å². The molecule has 0 saturated heterocycles. The van der Waals surface area contributed by atoms with Crippen LogP contribution in [0.3, 0.4) is 0 Å². The van der Waals surface area contributed by atoms with E-state index < -0.39 is 24.0 Å². The second-order valence-corrected chi connectivity index (χ2v) is 5.55. The number of hydrogen-bond donors (Lipinski definition) is 3. The molecule has 1 amide bonds. The molecule has 0 aliphatic heterocycles. The van der Waals surface area contributed by atoms with Gasteiger partial charge in [-0.2, -0.15) is 0 Å². The monoisotopic (exact) mass is 319 g/mol. The zero-order valence-electron chi connectivity index (χ0n) is 10.9. The fourth-order valence-corrected chi connectivity index (χ4v) is 2.17. The fourth-order valence-electron chi connectivity index (χ4n) is 1.63. The molecule has 0 heterocycles. The van der Waals surface area contributed by atoms with Crippen LogP contribution < -0.4 is 5.32 Å². The number of aliphatic hydroxyl groups is 1. The van der Waals surface area contributed by atoms with E-state index in [1.807, 2.05) is 0 Å². The molecule has 1 aromatic rings. The van der Waals surface area contributed by atoms with E-state index in [9.17, 15) is 14.7 Å². The summed E-state index contributed by atoms with van der Waals surface area (Å²) in [6.07, 6.45) is -1.54. The highest BCUT2D eigenvalue weighted by Crippen LogP contribution is 2.23. The Balaban J connectivity index is 2.88. The summed E-state index contributed by atoms with van der Waals surface area (Å²) >= 11 is 11.6. The molecule has 1 aromatic carbocycles. The molecule has 0 radical (unpaired) electrons. The number of carboxylic acids is 1. The Kier molecular flexibility index (Phi) is 5.80. The van der Waals surface area contributed by atoms with Crippen molar-refractivity contribution in [3.05, 3.63) is 33.8 Å². The molecule has 0 aromatic heterocycles. The summed E-state index contributed by atoms with van der Waals surface area (Å²) in [5, 5.41) is 21.8. The van der Waals surface area contributed by atoms with E-state index in [4.69, 9.17) is 28.3 Å². The molecular formula is C13H15Cl2NO4. The maximum Gasteiger partial charge on any atom is 0.326 e. The van der Waals surface area contributed by atoms with E-state index in [0.717, 1.165) is 0 Å². The Labute approximate surface area is 126 Å². The van der Waals surface area contributed by atoms with Crippen molar-refractivity contribution in [3.8, 4) is 0 Å². The minimum atomic E-state index is -1.54. The van der Waals surface area contributed by atoms with E-state index >= 15 is 0 Å². The minimum Gasteiger partial charge on any atom is -0.480 e. The number of aliphatic carboxylic acids is 1. The van der Waals surface area contributed by atoms with Crippen molar-refractivity contribution in [1.29, 1.82) is 0 Å². The quantitative estimate of drug-likeness (QED) is 0.777. The third-order valence-electron chi connectivity index (χ3n) is 2.68. The van der Waals surface area contributed by atoms with Crippen LogP contribution in [0.1, 0.15) is 25.5 Å². The number of hydrogen-bond acceptors (Lipinski definition) is 3. The molecule has 0 aliphatic rings. The van der Waals surface area contributed by atoms with Crippen LogP contribution in [0, 0.1) is 5.92 Å². The van der Waals surface area contributed by atoms with Gasteiger partial charge in [0.1, 0.15) is 6.04 Å². The molecule has 0 spiro atoms. The molecule has 0 fully saturated rings. The maximum absolute atomic E-state index is 11.9. The second-order valence-electron chi connectivity index (χ2n) is 4.67. The number of nitrogens with one attached hydrogen (secondary N) is 1. The molecule has 2 atom stereocenters. The van der Waals surface area contributed by atoms with Crippen LogP contribution in [0.15, 0.2) is 18.2 Å². The first-order chi connectivity index (χ1) is 9.22. The normalized spacial score (nSPS) is 13.9. The van der Waals surface area contributed by atoms with Gasteiger partial charge in [-0.15, -0.1) is 0 Å². The number of carbonyl (C=O) groups excluding carboxylic acids is 1. The largest absolute Gasteiger partial charge is 0.480 e. The van der Waals surface area contributed by atoms with Crippen molar-refractivity contribution in [3.63, 3.8) is 0 Å². The SMILES string of the molecule is CC(C)[C@H](NC(=O)C(O)c1cc(Cl)cc(Cl)c1)C(=O)O. The molecule has 20 heavy (non-hydrogen) atoms. The van der Waals surface area contributed by atoms with Crippen molar-refractivity contribution in [1.82, 2.24) is 5.32 Å². The molecule has 3 N–H and O–H groups in total. The predicted molar refractivity (Wildman–Crippen MR) is 75.8 cm³/mol. The molecule has 1 unspecified atom stereocenters. The third-order valence-corrected chi connectivity index (χ3v) is 3.12. The molecule has 0 aliphatic carbocycles. The highest BCUT2D eigenvalue weighted by atomic mass is 35.5. The summed E-state index contributed by atoms with van der Waals surface area (Å²) in [4.78, 5) is 22.9. The predicted octanol–water partition coefficient (Wildman–Crippen LogP) is 2.25. The molecule has 7 heteroatoms. The van der Waals surface area contributed by atoms with E-state index in [1.54, 1.807) is 13.8 Å². The maximum atomic E-state index is 11.9. The lowest BCUT2D eigenvalue weighted by atomic mass is 10.0. The lowest BCUT2D eigenvalue weighted by molar-refractivity contribution is -0.144. The van der Waals surface area contributed by atoms with Gasteiger partial charge in [0, 0.05) is 10.0 Å². The number of halogens is 2. The van der Waals surface area contributed by atoms with Crippen molar-refractivity contribution in [2.75, 3.05) is 0 Å². The van der Waals surface area contributed by atoms with Gasteiger partial charge in [-0.3, -0.25) is 4.79 Å². The summed E-state index contributed by atoms with van der Waals surface area (Å²) in [5.74, 6) is -2.29. The van der Waals surface area contributed by atoms with Gasteiger partial charge < -0.3 is 15.5 Å². The van der Waals surface area contributed by atoms with Crippen LogP contribution in [0.5, 0.6) is 0 Å². The van der Waals surface area contributed by atoms with E-state index in [1.165, 1.54) is 18.2 Å².